The Morgan fingerprint density at radius 3 is 2.39 bits per heavy atom. The lowest BCUT2D eigenvalue weighted by atomic mass is 9.43. The van der Waals surface area contributed by atoms with Crippen molar-refractivity contribution in [2.75, 3.05) is 0 Å². The van der Waals surface area contributed by atoms with Crippen molar-refractivity contribution in [2.24, 2.45) is 34.5 Å². The van der Waals surface area contributed by atoms with Crippen LogP contribution in [0.15, 0.2) is 0 Å². The first-order valence-electron chi connectivity index (χ1n) is 12.0. The van der Waals surface area contributed by atoms with E-state index in [0.717, 1.165) is 25.7 Å². The van der Waals surface area contributed by atoms with Gasteiger partial charge in [-0.3, -0.25) is 14.4 Å². The Bertz CT molecular complexity index is 782. The van der Waals surface area contributed by atoms with Crippen molar-refractivity contribution in [1.29, 1.82) is 0 Å². The minimum absolute atomic E-state index is 0.000815. The Kier molecular flexibility index (Phi) is 5.54. The van der Waals surface area contributed by atoms with Gasteiger partial charge >= 0.3 is 11.9 Å². The maximum Gasteiger partial charge on any atom is 0.302 e. The van der Waals surface area contributed by atoms with Crippen LogP contribution in [0.5, 0.6) is 0 Å². The molecular weight excluding hydrogens is 399 g/mol. The normalized spacial score (nSPS) is 47.5. The molecule has 0 radical (unpaired) electrons. The molecule has 31 heavy (non-hydrogen) atoms. The summed E-state index contributed by atoms with van der Waals surface area (Å²) in [7, 11) is 0. The van der Waals surface area contributed by atoms with E-state index in [1.807, 2.05) is 13.8 Å². The second kappa shape index (κ2) is 7.55. The van der Waals surface area contributed by atoms with Gasteiger partial charge in [0.15, 0.2) is 11.5 Å². The van der Waals surface area contributed by atoms with Gasteiger partial charge in [-0.25, -0.2) is 4.39 Å². The quantitative estimate of drug-likeness (QED) is 0.595. The van der Waals surface area contributed by atoms with Gasteiger partial charge in [0.2, 0.25) is 0 Å². The number of alkyl halides is 1. The third-order valence-electron chi connectivity index (χ3n) is 9.84. The number of ketones is 1. The molecule has 0 aliphatic heterocycles. The highest BCUT2D eigenvalue weighted by Crippen LogP contribution is 2.68. The van der Waals surface area contributed by atoms with Crippen LogP contribution in [0.2, 0.25) is 0 Å². The highest BCUT2D eigenvalue weighted by atomic mass is 19.1. The van der Waals surface area contributed by atoms with E-state index < -0.39 is 23.2 Å². The summed E-state index contributed by atoms with van der Waals surface area (Å²) in [5.41, 5.74) is -2.61. The molecule has 0 saturated heterocycles. The third-order valence-corrected chi connectivity index (χ3v) is 9.84. The molecule has 0 aromatic carbocycles. The zero-order chi connectivity index (χ0) is 22.8. The van der Waals surface area contributed by atoms with Gasteiger partial charge in [-0.05, 0) is 68.6 Å². The van der Waals surface area contributed by atoms with Crippen LogP contribution in [0.1, 0.15) is 86.0 Å². The van der Waals surface area contributed by atoms with Gasteiger partial charge in [-0.2, -0.15) is 0 Å². The predicted octanol–water partition coefficient (Wildman–Crippen LogP) is 4.80. The fourth-order valence-electron chi connectivity index (χ4n) is 8.45. The van der Waals surface area contributed by atoms with E-state index >= 15 is 4.39 Å². The summed E-state index contributed by atoms with van der Waals surface area (Å²) >= 11 is 0. The van der Waals surface area contributed by atoms with Gasteiger partial charge in [0.05, 0.1) is 0 Å². The number of halogens is 1. The highest BCUT2D eigenvalue weighted by Gasteiger charge is 2.69. The molecule has 0 amide bonds. The van der Waals surface area contributed by atoms with Crippen LogP contribution in [-0.2, 0) is 23.9 Å². The largest absolute Gasteiger partial charge is 0.463 e. The van der Waals surface area contributed by atoms with Gasteiger partial charge in [0.1, 0.15) is 12.2 Å². The molecule has 174 valence electrons. The van der Waals surface area contributed by atoms with Crippen LogP contribution in [0.25, 0.3) is 0 Å². The van der Waals surface area contributed by atoms with E-state index in [-0.39, 0.29) is 53.9 Å². The lowest BCUT2D eigenvalue weighted by Crippen LogP contribution is -2.65. The number of ether oxygens (including phenoxy) is 2. The van der Waals surface area contributed by atoms with Crippen molar-refractivity contribution in [1.82, 2.24) is 0 Å². The van der Waals surface area contributed by atoms with E-state index in [1.54, 1.807) is 0 Å². The average molecular weight is 437 g/mol. The lowest BCUT2D eigenvalue weighted by Gasteiger charge is -2.62. The molecule has 0 spiro atoms. The number of carbonyl (C=O) groups excluding carboxylic acids is 3. The summed E-state index contributed by atoms with van der Waals surface area (Å²) in [6.07, 6.45) is 4.68. The van der Waals surface area contributed by atoms with Crippen molar-refractivity contribution in [3.63, 3.8) is 0 Å². The zero-order valence-electron chi connectivity index (χ0n) is 19.5. The second-order valence-electron chi connectivity index (χ2n) is 11.2. The van der Waals surface area contributed by atoms with E-state index in [0.29, 0.717) is 18.8 Å². The van der Waals surface area contributed by atoms with Crippen LogP contribution in [0.3, 0.4) is 0 Å². The summed E-state index contributed by atoms with van der Waals surface area (Å²) in [5, 5.41) is 0. The van der Waals surface area contributed by atoms with E-state index in [2.05, 4.69) is 6.92 Å². The Morgan fingerprint density at radius 2 is 1.74 bits per heavy atom. The van der Waals surface area contributed by atoms with E-state index in [1.165, 1.54) is 13.8 Å². The molecule has 0 bridgehead atoms. The summed E-state index contributed by atoms with van der Waals surface area (Å²) in [6.45, 7) is 9.06. The Hall–Kier alpha value is -1.46. The van der Waals surface area contributed by atoms with E-state index in [9.17, 15) is 14.4 Å². The number of hydrogen-bond acceptors (Lipinski definition) is 5. The molecule has 4 saturated carbocycles. The molecule has 0 unspecified atom stereocenters. The van der Waals surface area contributed by atoms with Gasteiger partial charge < -0.3 is 9.47 Å². The van der Waals surface area contributed by atoms with Gasteiger partial charge in [-0.15, -0.1) is 0 Å². The second-order valence-corrected chi connectivity index (χ2v) is 11.2. The molecule has 4 aliphatic rings. The number of carbonyl (C=O) groups is 3. The third kappa shape index (κ3) is 3.34. The molecule has 4 aliphatic carbocycles. The summed E-state index contributed by atoms with van der Waals surface area (Å²) < 4.78 is 27.3. The van der Waals surface area contributed by atoms with Crippen molar-refractivity contribution < 1.29 is 28.2 Å². The standard InChI is InChI=1S/C25H37FO5/c1-14(30-15(2)27)19-6-7-20-18-12-22(29)25(26)13-17(31-16(3)28)8-11-24(25,5)21(18)9-10-23(19,20)4/h14,17-21H,6-13H2,1-5H3/t14-,17+,18+,19-,20+,21+,23-,24-,25+/m1/s1. The van der Waals surface area contributed by atoms with Crippen molar-refractivity contribution in [3.8, 4) is 0 Å². The Morgan fingerprint density at radius 1 is 1.03 bits per heavy atom. The average Bonchev–Trinajstić information content (AvgIpc) is 3.01. The molecule has 0 heterocycles. The van der Waals surface area contributed by atoms with Gasteiger partial charge in [-0.1, -0.05) is 13.8 Å². The fourth-order valence-corrected chi connectivity index (χ4v) is 8.45. The number of rotatable bonds is 3. The molecule has 0 aromatic heterocycles. The summed E-state index contributed by atoms with van der Waals surface area (Å²) in [4.78, 5) is 36.3. The SMILES string of the molecule is CC(=O)O[C@H]1CC[C@]2(C)[C@H]3CC[C@]4(C)[C@@H]([C@@H](C)OC(C)=O)CC[C@H]4[C@@H]3CC(=O)[C@@]2(F)C1. The topological polar surface area (TPSA) is 69.7 Å². The van der Waals surface area contributed by atoms with Crippen molar-refractivity contribution in [3.05, 3.63) is 0 Å². The molecular formula is C25H37FO5. The van der Waals surface area contributed by atoms with Crippen LogP contribution in [-0.4, -0.2) is 35.6 Å². The number of hydrogen-bond donors (Lipinski definition) is 0. The van der Waals surface area contributed by atoms with Gasteiger partial charge in [0.25, 0.3) is 0 Å². The molecule has 0 aromatic rings. The molecule has 0 N–H and O–H groups in total. The van der Waals surface area contributed by atoms with Gasteiger partial charge in [0, 0.05) is 38.0 Å². The first-order valence-corrected chi connectivity index (χ1v) is 12.0. The molecule has 4 rings (SSSR count). The molecule has 9 atom stereocenters. The maximum absolute atomic E-state index is 16.5. The first kappa shape index (κ1) is 22.7. The number of fused-ring (bicyclic) bond motifs is 5. The smallest absolute Gasteiger partial charge is 0.302 e. The molecule has 5 nitrogen and oxygen atoms in total. The van der Waals surface area contributed by atoms with Crippen LogP contribution in [0.4, 0.5) is 4.39 Å². The fraction of sp³-hybridized carbons (Fsp3) is 0.880. The molecule has 6 heteroatoms. The molecule has 4 fully saturated rings. The minimum atomic E-state index is -1.91. The maximum atomic E-state index is 16.5. The monoisotopic (exact) mass is 436 g/mol. The number of esters is 2. The minimum Gasteiger partial charge on any atom is -0.463 e. The Labute approximate surface area is 184 Å². The van der Waals surface area contributed by atoms with Crippen LogP contribution >= 0.6 is 0 Å². The van der Waals surface area contributed by atoms with Crippen LogP contribution < -0.4 is 0 Å². The first-order chi connectivity index (χ1) is 14.4. The van der Waals surface area contributed by atoms with Crippen LogP contribution in [0, 0.1) is 34.5 Å². The predicted molar refractivity (Wildman–Crippen MR) is 113 cm³/mol. The van der Waals surface area contributed by atoms with E-state index in [4.69, 9.17) is 9.47 Å². The summed E-state index contributed by atoms with van der Waals surface area (Å²) in [6, 6.07) is 0. The lowest BCUT2D eigenvalue weighted by molar-refractivity contribution is -0.197. The number of Topliss-reactive ketones (excluding diaryl/α,β-unsaturated/α-hetero) is 1. The Balaban J connectivity index is 1.59. The summed E-state index contributed by atoms with van der Waals surface area (Å²) in [5.74, 6) is 0.0157. The van der Waals surface area contributed by atoms with Crippen molar-refractivity contribution in [2.45, 2.75) is 104 Å². The van der Waals surface area contributed by atoms with Crippen molar-refractivity contribution >= 4 is 17.7 Å². The zero-order valence-corrected chi connectivity index (χ0v) is 19.5. The highest BCUT2D eigenvalue weighted by molar-refractivity contribution is 5.90.